The van der Waals surface area contributed by atoms with Crippen molar-refractivity contribution in [1.82, 2.24) is 0 Å². The molecule has 0 heterocycles. The van der Waals surface area contributed by atoms with Crippen LogP contribution in [0.25, 0.3) is 10.8 Å². The quantitative estimate of drug-likeness (QED) is 0.783. The molecule has 0 fully saturated rings. The Balaban J connectivity index is 2.62. The molecule has 2 rings (SSSR count). The Hall–Kier alpha value is -1.87. The van der Waals surface area contributed by atoms with Crippen molar-refractivity contribution >= 4 is 16.7 Å². The van der Waals surface area contributed by atoms with Crippen LogP contribution >= 0.6 is 0 Å². The van der Waals surface area contributed by atoms with E-state index in [-0.39, 0.29) is 12.2 Å². The zero-order valence-corrected chi connectivity index (χ0v) is 7.97. The molecule has 76 valence electrons. The van der Waals surface area contributed by atoms with Gasteiger partial charge in [-0.05, 0) is 34.5 Å². The Labute approximate surface area is 86.6 Å². The van der Waals surface area contributed by atoms with Gasteiger partial charge in [0.1, 0.15) is 0 Å². The summed E-state index contributed by atoms with van der Waals surface area (Å²) in [6.07, 6.45) is 0. The summed E-state index contributed by atoms with van der Waals surface area (Å²) in [5.41, 5.74) is 1.04. The highest BCUT2D eigenvalue weighted by molar-refractivity contribution is 5.94. The number of aliphatic hydroxyl groups excluding tert-OH is 1. The normalized spacial score (nSPS) is 10.5. The lowest BCUT2D eigenvalue weighted by Crippen LogP contribution is -1.95. The number of hydrogen-bond donors (Lipinski definition) is 2. The summed E-state index contributed by atoms with van der Waals surface area (Å²) in [6.45, 7) is -0.0345. The Bertz CT molecular complexity index is 517. The number of carboxylic acid groups (broad SMARTS) is 1. The van der Waals surface area contributed by atoms with Crippen molar-refractivity contribution in [3.63, 3.8) is 0 Å². The third-order valence-corrected chi connectivity index (χ3v) is 2.33. The maximum Gasteiger partial charge on any atom is 0.335 e. The molecule has 2 aromatic carbocycles. The lowest BCUT2D eigenvalue weighted by atomic mass is 10.0. The Morgan fingerprint density at radius 3 is 2.47 bits per heavy atom. The second-order valence-corrected chi connectivity index (χ2v) is 3.36. The van der Waals surface area contributed by atoms with E-state index < -0.39 is 5.97 Å². The highest BCUT2D eigenvalue weighted by atomic mass is 16.4. The fourth-order valence-electron chi connectivity index (χ4n) is 1.53. The first-order chi connectivity index (χ1) is 7.20. The van der Waals surface area contributed by atoms with Crippen molar-refractivity contribution in [3.05, 3.63) is 47.5 Å². The van der Waals surface area contributed by atoms with E-state index in [1.54, 1.807) is 24.3 Å². The van der Waals surface area contributed by atoms with E-state index in [1.165, 1.54) is 0 Å². The second kappa shape index (κ2) is 3.71. The average Bonchev–Trinajstić information content (AvgIpc) is 2.27. The van der Waals surface area contributed by atoms with Crippen molar-refractivity contribution in [2.45, 2.75) is 6.61 Å². The van der Waals surface area contributed by atoms with Crippen molar-refractivity contribution < 1.29 is 15.0 Å². The van der Waals surface area contributed by atoms with Crippen molar-refractivity contribution in [1.29, 1.82) is 0 Å². The number of benzene rings is 2. The third kappa shape index (κ3) is 1.82. The molecule has 3 nitrogen and oxygen atoms in total. The summed E-state index contributed by atoms with van der Waals surface area (Å²) in [7, 11) is 0. The molecule has 0 spiro atoms. The summed E-state index contributed by atoms with van der Waals surface area (Å²) in [5, 5.41) is 19.6. The van der Waals surface area contributed by atoms with Crippen LogP contribution in [0.15, 0.2) is 36.4 Å². The first-order valence-electron chi connectivity index (χ1n) is 4.57. The Morgan fingerprint density at radius 1 is 1.07 bits per heavy atom. The molecule has 0 aliphatic heterocycles. The summed E-state index contributed by atoms with van der Waals surface area (Å²) >= 11 is 0. The zero-order chi connectivity index (χ0) is 10.8. The molecule has 0 saturated heterocycles. The highest BCUT2D eigenvalue weighted by Crippen LogP contribution is 2.18. The van der Waals surface area contributed by atoms with E-state index in [9.17, 15) is 4.79 Å². The fraction of sp³-hybridized carbons (Fsp3) is 0.0833. The van der Waals surface area contributed by atoms with Gasteiger partial charge in [0.2, 0.25) is 0 Å². The molecular formula is C12H10O3. The van der Waals surface area contributed by atoms with Crippen LogP contribution in [0.2, 0.25) is 0 Å². The molecule has 0 aliphatic rings. The van der Waals surface area contributed by atoms with Gasteiger partial charge in [-0.1, -0.05) is 18.2 Å². The van der Waals surface area contributed by atoms with Crippen LogP contribution in [0.5, 0.6) is 0 Å². The van der Waals surface area contributed by atoms with E-state index in [4.69, 9.17) is 10.2 Å². The van der Waals surface area contributed by atoms with Crippen LogP contribution in [0, 0.1) is 0 Å². The van der Waals surface area contributed by atoms with E-state index in [2.05, 4.69) is 0 Å². The Morgan fingerprint density at radius 2 is 1.80 bits per heavy atom. The monoisotopic (exact) mass is 202 g/mol. The number of fused-ring (bicyclic) bond motifs is 1. The van der Waals surface area contributed by atoms with Crippen molar-refractivity contribution in [2.24, 2.45) is 0 Å². The van der Waals surface area contributed by atoms with Crippen LogP contribution < -0.4 is 0 Å². The molecule has 2 N–H and O–H groups in total. The maximum atomic E-state index is 10.7. The van der Waals surface area contributed by atoms with Crippen molar-refractivity contribution in [2.75, 3.05) is 0 Å². The van der Waals surface area contributed by atoms with Gasteiger partial charge in [-0.25, -0.2) is 4.79 Å². The van der Waals surface area contributed by atoms with Crippen LogP contribution in [-0.2, 0) is 6.61 Å². The third-order valence-electron chi connectivity index (χ3n) is 2.33. The average molecular weight is 202 g/mol. The number of carboxylic acids is 1. The van der Waals surface area contributed by atoms with E-state index in [0.717, 1.165) is 16.3 Å². The maximum absolute atomic E-state index is 10.7. The molecule has 3 heteroatoms. The predicted octanol–water partition coefficient (Wildman–Crippen LogP) is 2.03. The number of rotatable bonds is 2. The van der Waals surface area contributed by atoms with Crippen LogP contribution in [0.1, 0.15) is 15.9 Å². The van der Waals surface area contributed by atoms with Gasteiger partial charge in [0, 0.05) is 0 Å². The lowest BCUT2D eigenvalue weighted by Gasteiger charge is -2.02. The first-order valence-corrected chi connectivity index (χ1v) is 4.57. The van der Waals surface area contributed by atoms with Gasteiger partial charge in [-0.3, -0.25) is 0 Å². The minimum absolute atomic E-state index is 0.0345. The fourth-order valence-corrected chi connectivity index (χ4v) is 1.53. The van der Waals surface area contributed by atoms with Crippen LogP contribution in [-0.4, -0.2) is 16.2 Å². The SMILES string of the molecule is O=C(O)c1ccc2ccc(CO)cc2c1. The molecule has 0 radical (unpaired) electrons. The molecule has 15 heavy (non-hydrogen) atoms. The first kappa shape index (κ1) is 9.68. The number of carbonyl (C=O) groups is 1. The van der Waals surface area contributed by atoms with Gasteiger partial charge < -0.3 is 10.2 Å². The summed E-state index contributed by atoms with van der Waals surface area (Å²) < 4.78 is 0. The molecule has 0 bridgehead atoms. The molecular weight excluding hydrogens is 192 g/mol. The molecule has 0 aliphatic carbocycles. The van der Waals surface area contributed by atoms with Crippen LogP contribution in [0.4, 0.5) is 0 Å². The van der Waals surface area contributed by atoms with Gasteiger partial charge in [0.15, 0.2) is 0 Å². The van der Waals surface area contributed by atoms with Gasteiger partial charge >= 0.3 is 5.97 Å². The molecule has 0 amide bonds. The number of aromatic carboxylic acids is 1. The predicted molar refractivity (Wildman–Crippen MR) is 56.8 cm³/mol. The summed E-state index contributed by atoms with van der Waals surface area (Å²) in [5.74, 6) is -0.939. The molecule has 2 aromatic rings. The number of hydrogen-bond acceptors (Lipinski definition) is 2. The second-order valence-electron chi connectivity index (χ2n) is 3.36. The molecule has 0 unspecified atom stereocenters. The van der Waals surface area contributed by atoms with E-state index in [1.807, 2.05) is 12.1 Å². The lowest BCUT2D eigenvalue weighted by molar-refractivity contribution is 0.0697. The van der Waals surface area contributed by atoms with Crippen LogP contribution in [0.3, 0.4) is 0 Å². The van der Waals surface area contributed by atoms with Gasteiger partial charge in [-0.15, -0.1) is 0 Å². The molecule has 0 saturated carbocycles. The van der Waals surface area contributed by atoms with Gasteiger partial charge in [0.25, 0.3) is 0 Å². The van der Waals surface area contributed by atoms with Gasteiger partial charge in [-0.2, -0.15) is 0 Å². The summed E-state index contributed by atoms with van der Waals surface area (Å²) in [4.78, 5) is 10.7. The largest absolute Gasteiger partial charge is 0.478 e. The minimum Gasteiger partial charge on any atom is -0.478 e. The minimum atomic E-state index is -0.939. The van der Waals surface area contributed by atoms with E-state index >= 15 is 0 Å². The van der Waals surface area contributed by atoms with E-state index in [0.29, 0.717) is 0 Å². The topological polar surface area (TPSA) is 57.5 Å². The molecule has 0 atom stereocenters. The van der Waals surface area contributed by atoms with Crippen molar-refractivity contribution in [3.8, 4) is 0 Å². The smallest absolute Gasteiger partial charge is 0.335 e. The summed E-state index contributed by atoms with van der Waals surface area (Å²) in [6, 6.07) is 10.4. The number of aliphatic hydroxyl groups is 1. The highest BCUT2D eigenvalue weighted by Gasteiger charge is 2.03. The standard InChI is InChI=1S/C12H10O3/c13-7-8-1-2-9-3-4-10(12(14)15)6-11(9)5-8/h1-6,13H,7H2,(H,14,15). The molecule has 0 aromatic heterocycles. The zero-order valence-electron chi connectivity index (χ0n) is 7.97. The Kier molecular flexibility index (Phi) is 2.39. The van der Waals surface area contributed by atoms with Gasteiger partial charge in [0.05, 0.1) is 12.2 Å².